The number of nitrogens with two attached hydrogens (primary N) is 2. The van der Waals surface area contributed by atoms with Gasteiger partial charge in [0, 0.05) is 18.7 Å². The zero-order valence-corrected chi connectivity index (χ0v) is 11.8. The molecular formula is C11H20ClN2S2+. The number of hydrogen-bond donors (Lipinski definition) is 2. The Hall–Kier alpha value is 0.130. The maximum Gasteiger partial charge on any atom is 0.145 e. The molecule has 1 atom stereocenters. The van der Waals surface area contributed by atoms with Crippen molar-refractivity contribution in [3.05, 3.63) is 35.9 Å². The van der Waals surface area contributed by atoms with Gasteiger partial charge in [0.1, 0.15) is 11.5 Å². The lowest BCUT2D eigenvalue weighted by Crippen LogP contribution is -2.16. The summed E-state index contributed by atoms with van der Waals surface area (Å²) in [5.74, 6) is 3.26. The summed E-state index contributed by atoms with van der Waals surface area (Å²) in [6.07, 6.45) is 0. The highest BCUT2D eigenvalue weighted by atomic mass is 35.5. The third-order valence-corrected chi connectivity index (χ3v) is 6.32. The van der Waals surface area contributed by atoms with Gasteiger partial charge >= 0.3 is 0 Å². The summed E-state index contributed by atoms with van der Waals surface area (Å²) in [6.45, 7) is 1.53. The maximum absolute atomic E-state index is 5.62. The van der Waals surface area contributed by atoms with Gasteiger partial charge in [-0.1, -0.05) is 30.3 Å². The van der Waals surface area contributed by atoms with Crippen molar-refractivity contribution in [3.63, 3.8) is 0 Å². The summed E-state index contributed by atoms with van der Waals surface area (Å²) in [5, 5.41) is 0. The van der Waals surface area contributed by atoms with Gasteiger partial charge in [0.15, 0.2) is 0 Å². The van der Waals surface area contributed by atoms with Gasteiger partial charge in [0.25, 0.3) is 0 Å². The topological polar surface area (TPSA) is 52.0 Å². The Morgan fingerprint density at radius 2 is 1.75 bits per heavy atom. The van der Waals surface area contributed by atoms with Gasteiger partial charge in [0.2, 0.25) is 0 Å². The summed E-state index contributed by atoms with van der Waals surface area (Å²) in [4.78, 5) is 0. The van der Waals surface area contributed by atoms with Gasteiger partial charge in [-0.15, -0.1) is 12.4 Å². The molecule has 0 aliphatic carbocycles. The molecule has 0 saturated heterocycles. The van der Waals surface area contributed by atoms with Crippen LogP contribution in [-0.2, 0) is 15.7 Å². The molecule has 0 heterocycles. The Labute approximate surface area is 111 Å². The van der Waals surface area contributed by atoms with Crippen molar-refractivity contribution < 1.29 is 0 Å². The Balaban J connectivity index is 0.00000225. The van der Waals surface area contributed by atoms with E-state index in [1.165, 1.54) is 5.56 Å². The first-order chi connectivity index (χ1) is 7.36. The second-order valence-corrected chi connectivity index (χ2v) is 7.52. The quantitative estimate of drug-likeness (QED) is 0.591. The van der Waals surface area contributed by atoms with Crippen LogP contribution in [0.1, 0.15) is 5.56 Å². The van der Waals surface area contributed by atoms with Gasteiger partial charge in [0.05, 0.1) is 26.5 Å². The third-order valence-electron chi connectivity index (χ3n) is 1.88. The molecule has 0 fully saturated rings. The van der Waals surface area contributed by atoms with Crippen LogP contribution >= 0.6 is 23.2 Å². The predicted molar refractivity (Wildman–Crippen MR) is 80.2 cm³/mol. The normalized spacial score (nSPS) is 11.9. The van der Waals surface area contributed by atoms with Crippen LogP contribution < -0.4 is 11.5 Å². The molecule has 0 saturated carbocycles. The first kappa shape index (κ1) is 16.1. The van der Waals surface area contributed by atoms with Crippen molar-refractivity contribution >= 4 is 33.1 Å². The molecule has 1 aromatic rings. The highest BCUT2D eigenvalue weighted by Gasteiger charge is 2.19. The van der Waals surface area contributed by atoms with Gasteiger partial charge in [-0.3, -0.25) is 0 Å². The lowest BCUT2D eigenvalue weighted by atomic mass is 10.2. The predicted octanol–water partition coefficient (Wildman–Crippen LogP) is 1.79. The minimum Gasteiger partial charge on any atom is -0.329 e. The Kier molecular flexibility index (Phi) is 10.4. The average molecular weight is 280 g/mol. The maximum atomic E-state index is 5.62. The number of hydrogen-bond acceptors (Lipinski definition) is 3. The molecule has 92 valence electrons. The molecule has 0 radical (unpaired) electrons. The largest absolute Gasteiger partial charge is 0.329 e. The van der Waals surface area contributed by atoms with E-state index in [2.05, 4.69) is 30.3 Å². The third kappa shape index (κ3) is 6.66. The summed E-state index contributed by atoms with van der Waals surface area (Å²) >= 11 is 0. The smallest absolute Gasteiger partial charge is 0.145 e. The van der Waals surface area contributed by atoms with E-state index in [0.717, 1.165) is 30.3 Å². The molecule has 16 heavy (non-hydrogen) atoms. The van der Waals surface area contributed by atoms with E-state index >= 15 is 0 Å². The Morgan fingerprint density at radius 1 is 1.06 bits per heavy atom. The molecular weight excluding hydrogens is 260 g/mol. The zero-order valence-electron chi connectivity index (χ0n) is 9.30. The summed E-state index contributed by atoms with van der Waals surface area (Å²) < 4.78 is 0. The molecule has 2 nitrogen and oxygen atoms in total. The molecule has 4 N–H and O–H groups in total. The SMILES string of the molecule is Cl.NCCS[S+](CCN)Cc1ccccc1. The molecule has 0 bridgehead atoms. The average Bonchev–Trinajstić information content (AvgIpc) is 2.28. The fourth-order valence-electron chi connectivity index (χ4n) is 1.23. The zero-order chi connectivity index (χ0) is 10.9. The summed E-state index contributed by atoms with van der Waals surface area (Å²) in [7, 11) is 2.30. The van der Waals surface area contributed by atoms with Gasteiger partial charge < -0.3 is 11.5 Å². The van der Waals surface area contributed by atoms with Crippen LogP contribution in [0.5, 0.6) is 0 Å². The van der Waals surface area contributed by atoms with Crippen LogP contribution in [0.4, 0.5) is 0 Å². The van der Waals surface area contributed by atoms with E-state index in [1.54, 1.807) is 0 Å². The van der Waals surface area contributed by atoms with Crippen LogP contribution in [0, 0.1) is 0 Å². The number of benzene rings is 1. The molecule has 1 rings (SSSR count). The molecule has 0 aliphatic rings. The van der Waals surface area contributed by atoms with Crippen molar-refractivity contribution in [2.45, 2.75) is 5.75 Å². The van der Waals surface area contributed by atoms with E-state index in [1.807, 2.05) is 10.8 Å². The Bertz CT molecular complexity index is 259. The monoisotopic (exact) mass is 279 g/mol. The van der Waals surface area contributed by atoms with Crippen LogP contribution in [0.15, 0.2) is 30.3 Å². The fraction of sp³-hybridized carbons (Fsp3) is 0.455. The van der Waals surface area contributed by atoms with E-state index in [9.17, 15) is 0 Å². The summed E-state index contributed by atoms with van der Waals surface area (Å²) in [6, 6.07) is 10.6. The molecule has 0 amide bonds. The molecule has 5 heteroatoms. The fourth-order valence-corrected chi connectivity index (χ4v) is 5.03. The van der Waals surface area contributed by atoms with Crippen molar-refractivity contribution in [1.82, 2.24) is 0 Å². The van der Waals surface area contributed by atoms with E-state index in [4.69, 9.17) is 11.5 Å². The van der Waals surface area contributed by atoms with E-state index < -0.39 is 0 Å². The van der Waals surface area contributed by atoms with Crippen LogP contribution in [0.3, 0.4) is 0 Å². The first-order valence-corrected chi connectivity index (χ1v) is 8.18. The second-order valence-electron chi connectivity index (χ2n) is 3.17. The molecule has 0 aromatic heterocycles. The lowest BCUT2D eigenvalue weighted by molar-refractivity contribution is 1.14. The highest BCUT2D eigenvalue weighted by Crippen LogP contribution is 2.20. The number of halogens is 1. The Morgan fingerprint density at radius 3 is 2.31 bits per heavy atom. The molecule has 1 aromatic carbocycles. The van der Waals surface area contributed by atoms with Crippen molar-refractivity contribution in [3.8, 4) is 0 Å². The standard InChI is InChI=1S/C11H19N2S2.ClH/c12-6-8-14-15(9-7-13)10-11-4-2-1-3-5-11;/h1-5H,6-10,12-13H2;1H/q+1;. The van der Waals surface area contributed by atoms with Crippen molar-refractivity contribution in [2.75, 3.05) is 24.6 Å². The molecule has 1 unspecified atom stereocenters. The first-order valence-electron chi connectivity index (χ1n) is 5.11. The molecule has 0 aliphatic heterocycles. The molecule has 0 spiro atoms. The van der Waals surface area contributed by atoms with Crippen LogP contribution in [0.2, 0.25) is 0 Å². The van der Waals surface area contributed by atoms with E-state index in [0.29, 0.717) is 9.93 Å². The number of rotatable bonds is 7. The highest BCUT2D eigenvalue weighted by molar-refractivity contribution is 8.73. The second kappa shape index (κ2) is 10.3. The minimum absolute atomic E-state index is 0. The minimum atomic E-state index is 0. The van der Waals surface area contributed by atoms with Gasteiger partial charge in [-0.25, -0.2) is 0 Å². The van der Waals surface area contributed by atoms with Crippen LogP contribution in [-0.4, -0.2) is 24.6 Å². The van der Waals surface area contributed by atoms with Gasteiger partial charge in [-0.05, 0) is 0 Å². The van der Waals surface area contributed by atoms with Gasteiger partial charge in [-0.2, -0.15) is 0 Å². The lowest BCUT2D eigenvalue weighted by Gasteiger charge is -2.05. The van der Waals surface area contributed by atoms with Crippen molar-refractivity contribution in [1.29, 1.82) is 0 Å². The van der Waals surface area contributed by atoms with Crippen LogP contribution in [0.25, 0.3) is 0 Å². The summed E-state index contributed by atoms with van der Waals surface area (Å²) in [5.41, 5.74) is 12.5. The van der Waals surface area contributed by atoms with Crippen molar-refractivity contribution in [2.24, 2.45) is 11.5 Å². The van der Waals surface area contributed by atoms with E-state index in [-0.39, 0.29) is 12.4 Å².